The molecule has 1 aliphatic rings. The summed E-state index contributed by atoms with van der Waals surface area (Å²) in [6.45, 7) is 4.32. The quantitative estimate of drug-likeness (QED) is 0.715. The third kappa shape index (κ3) is 5.16. The number of hydrogen-bond donors (Lipinski definition) is 1. The largest absolute Gasteiger partial charge is 0.497 e. The molecule has 0 radical (unpaired) electrons. The number of sulfonamides is 1. The number of hydrogen-bond acceptors (Lipinski definition) is 4. The standard InChI is InChI=1S/C22H28N2O4S/c1-16-15-19(24-14-4-5-22(24)25)10-13-21(16)29(26,27)23-17(2)6-7-18-8-11-20(28-3)12-9-18/h8-13,15,17,23H,4-7,14H2,1-3H3. The molecule has 1 fully saturated rings. The number of carbonyl (C=O) groups is 1. The number of carbonyl (C=O) groups excluding carboxylic acids is 1. The summed E-state index contributed by atoms with van der Waals surface area (Å²) >= 11 is 0. The predicted octanol–water partition coefficient (Wildman–Crippen LogP) is 3.43. The van der Waals surface area contributed by atoms with Crippen LogP contribution in [-0.2, 0) is 21.2 Å². The smallest absolute Gasteiger partial charge is 0.241 e. The summed E-state index contributed by atoms with van der Waals surface area (Å²) in [4.78, 5) is 13.9. The highest BCUT2D eigenvalue weighted by Gasteiger charge is 2.24. The number of amides is 1. The van der Waals surface area contributed by atoms with Gasteiger partial charge in [0, 0.05) is 24.7 Å². The molecule has 0 aliphatic carbocycles. The van der Waals surface area contributed by atoms with Crippen molar-refractivity contribution >= 4 is 21.6 Å². The van der Waals surface area contributed by atoms with E-state index in [0.717, 1.165) is 29.8 Å². The molecule has 29 heavy (non-hydrogen) atoms. The van der Waals surface area contributed by atoms with Crippen LogP contribution in [0, 0.1) is 6.92 Å². The summed E-state index contributed by atoms with van der Waals surface area (Å²) < 4.78 is 33.6. The van der Waals surface area contributed by atoms with Gasteiger partial charge >= 0.3 is 0 Å². The average Bonchev–Trinajstić information content (AvgIpc) is 3.12. The fourth-order valence-electron chi connectivity index (χ4n) is 3.59. The van der Waals surface area contributed by atoms with Crippen LogP contribution in [0.5, 0.6) is 5.75 Å². The van der Waals surface area contributed by atoms with Crippen molar-refractivity contribution in [1.29, 1.82) is 0 Å². The Morgan fingerprint density at radius 1 is 1.17 bits per heavy atom. The molecule has 0 bridgehead atoms. The van der Waals surface area contributed by atoms with Crippen molar-refractivity contribution in [2.24, 2.45) is 0 Å². The van der Waals surface area contributed by atoms with Gasteiger partial charge in [0.2, 0.25) is 15.9 Å². The van der Waals surface area contributed by atoms with E-state index in [-0.39, 0.29) is 16.8 Å². The summed E-state index contributed by atoms with van der Waals surface area (Å²) in [5, 5.41) is 0. The van der Waals surface area contributed by atoms with Crippen molar-refractivity contribution < 1.29 is 17.9 Å². The highest BCUT2D eigenvalue weighted by atomic mass is 32.2. The monoisotopic (exact) mass is 416 g/mol. The first-order valence-electron chi connectivity index (χ1n) is 9.86. The van der Waals surface area contributed by atoms with E-state index in [0.29, 0.717) is 24.9 Å². The summed E-state index contributed by atoms with van der Waals surface area (Å²) in [5.41, 5.74) is 2.53. The Morgan fingerprint density at radius 2 is 1.90 bits per heavy atom. The second-order valence-electron chi connectivity index (χ2n) is 7.51. The maximum Gasteiger partial charge on any atom is 0.241 e. The Hall–Kier alpha value is -2.38. The molecule has 1 atom stereocenters. The summed E-state index contributed by atoms with van der Waals surface area (Å²) in [7, 11) is -2.00. The zero-order valence-electron chi connectivity index (χ0n) is 17.1. The van der Waals surface area contributed by atoms with E-state index >= 15 is 0 Å². The number of rotatable bonds is 8. The highest BCUT2D eigenvalue weighted by Crippen LogP contribution is 2.26. The Bertz CT molecular complexity index is 971. The molecule has 1 unspecified atom stereocenters. The average molecular weight is 417 g/mol. The third-order valence-corrected chi connectivity index (χ3v) is 6.96. The SMILES string of the molecule is COc1ccc(CCC(C)NS(=O)(=O)c2ccc(N3CCCC3=O)cc2C)cc1. The molecule has 1 heterocycles. The van der Waals surface area contributed by atoms with Gasteiger partial charge in [-0.05, 0) is 74.6 Å². The Labute approximate surface area is 172 Å². The van der Waals surface area contributed by atoms with Gasteiger partial charge in [-0.15, -0.1) is 0 Å². The lowest BCUT2D eigenvalue weighted by Crippen LogP contribution is -2.33. The highest BCUT2D eigenvalue weighted by molar-refractivity contribution is 7.89. The van der Waals surface area contributed by atoms with Crippen molar-refractivity contribution in [1.82, 2.24) is 4.72 Å². The van der Waals surface area contributed by atoms with Gasteiger partial charge in [-0.3, -0.25) is 4.79 Å². The number of benzene rings is 2. The fourth-order valence-corrected chi connectivity index (χ4v) is 5.09. The van der Waals surface area contributed by atoms with E-state index < -0.39 is 10.0 Å². The second-order valence-corrected chi connectivity index (χ2v) is 9.19. The lowest BCUT2D eigenvalue weighted by Gasteiger charge is -2.19. The summed E-state index contributed by atoms with van der Waals surface area (Å²) in [6.07, 6.45) is 2.84. The first-order chi connectivity index (χ1) is 13.8. The Balaban J connectivity index is 1.64. The molecule has 1 saturated heterocycles. The maximum atomic E-state index is 12.8. The lowest BCUT2D eigenvalue weighted by molar-refractivity contribution is -0.117. The number of ether oxygens (including phenoxy) is 1. The topological polar surface area (TPSA) is 75.7 Å². The van der Waals surface area contributed by atoms with E-state index in [9.17, 15) is 13.2 Å². The lowest BCUT2D eigenvalue weighted by atomic mass is 10.1. The van der Waals surface area contributed by atoms with Crippen LogP contribution < -0.4 is 14.4 Å². The number of nitrogens with zero attached hydrogens (tertiary/aromatic N) is 1. The van der Waals surface area contributed by atoms with Gasteiger partial charge in [-0.2, -0.15) is 0 Å². The maximum absolute atomic E-state index is 12.8. The van der Waals surface area contributed by atoms with Gasteiger partial charge in [-0.25, -0.2) is 13.1 Å². The minimum absolute atomic E-state index is 0.0882. The first kappa shape index (κ1) is 21.3. The normalized spacial score (nSPS) is 15.6. The van der Waals surface area contributed by atoms with Gasteiger partial charge in [0.15, 0.2) is 0 Å². The van der Waals surface area contributed by atoms with E-state index in [4.69, 9.17) is 4.74 Å². The molecule has 0 spiro atoms. The number of aryl methyl sites for hydroxylation is 2. The van der Waals surface area contributed by atoms with Crippen LogP contribution >= 0.6 is 0 Å². The van der Waals surface area contributed by atoms with E-state index in [1.165, 1.54) is 0 Å². The number of anilines is 1. The molecule has 1 N–H and O–H groups in total. The van der Waals surface area contributed by atoms with Crippen LogP contribution in [0.1, 0.15) is 37.3 Å². The van der Waals surface area contributed by atoms with E-state index in [2.05, 4.69) is 4.72 Å². The molecule has 156 valence electrons. The first-order valence-corrected chi connectivity index (χ1v) is 11.3. The summed E-state index contributed by atoms with van der Waals surface area (Å²) in [5.74, 6) is 0.891. The molecule has 3 rings (SSSR count). The Kier molecular flexibility index (Phi) is 6.59. The Morgan fingerprint density at radius 3 is 2.48 bits per heavy atom. The van der Waals surface area contributed by atoms with Crippen LogP contribution in [0.4, 0.5) is 5.69 Å². The molecule has 2 aromatic carbocycles. The van der Waals surface area contributed by atoms with Crippen LogP contribution in [-0.4, -0.2) is 34.0 Å². The van der Waals surface area contributed by atoms with Crippen molar-refractivity contribution in [3.63, 3.8) is 0 Å². The molecule has 0 saturated carbocycles. The summed E-state index contributed by atoms with van der Waals surface area (Å²) in [6, 6.07) is 12.7. The van der Waals surface area contributed by atoms with Crippen LogP contribution in [0.15, 0.2) is 47.4 Å². The second kappa shape index (κ2) is 8.97. The van der Waals surface area contributed by atoms with Gasteiger partial charge in [0.05, 0.1) is 12.0 Å². The van der Waals surface area contributed by atoms with Gasteiger partial charge in [0.25, 0.3) is 0 Å². The zero-order valence-corrected chi connectivity index (χ0v) is 18.0. The molecule has 7 heteroatoms. The third-order valence-electron chi connectivity index (χ3n) is 5.21. The van der Waals surface area contributed by atoms with Crippen LogP contribution in [0.25, 0.3) is 0 Å². The number of nitrogens with one attached hydrogen (secondary N) is 1. The van der Waals surface area contributed by atoms with Crippen molar-refractivity contribution in [3.8, 4) is 5.75 Å². The fraction of sp³-hybridized carbons (Fsp3) is 0.409. The van der Waals surface area contributed by atoms with Crippen molar-refractivity contribution in [3.05, 3.63) is 53.6 Å². The molecule has 6 nitrogen and oxygen atoms in total. The zero-order chi connectivity index (χ0) is 21.0. The van der Waals surface area contributed by atoms with Gasteiger partial charge in [0.1, 0.15) is 5.75 Å². The molecule has 0 aromatic heterocycles. The van der Waals surface area contributed by atoms with E-state index in [1.54, 1.807) is 37.1 Å². The van der Waals surface area contributed by atoms with Crippen molar-refractivity contribution in [2.45, 2.75) is 50.5 Å². The predicted molar refractivity (Wildman–Crippen MR) is 114 cm³/mol. The minimum atomic E-state index is -3.63. The minimum Gasteiger partial charge on any atom is -0.497 e. The molecule has 1 amide bonds. The van der Waals surface area contributed by atoms with Crippen LogP contribution in [0.3, 0.4) is 0 Å². The molecular weight excluding hydrogens is 388 g/mol. The van der Waals surface area contributed by atoms with Crippen molar-refractivity contribution in [2.75, 3.05) is 18.6 Å². The van der Waals surface area contributed by atoms with Gasteiger partial charge in [-0.1, -0.05) is 12.1 Å². The van der Waals surface area contributed by atoms with E-state index in [1.807, 2.05) is 31.2 Å². The molecule has 2 aromatic rings. The number of methoxy groups -OCH3 is 1. The molecular formula is C22H28N2O4S. The van der Waals surface area contributed by atoms with Crippen LogP contribution in [0.2, 0.25) is 0 Å². The van der Waals surface area contributed by atoms with Gasteiger partial charge < -0.3 is 9.64 Å². The molecule has 1 aliphatic heterocycles.